The van der Waals surface area contributed by atoms with Gasteiger partial charge in [-0.3, -0.25) is 14.7 Å². The van der Waals surface area contributed by atoms with Crippen molar-refractivity contribution in [2.45, 2.75) is 51.0 Å². The molecule has 0 aromatic carbocycles. The average molecular weight is 416 g/mol. The molecule has 2 aliphatic heterocycles. The normalized spacial score (nSPS) is 25.5. The number of aromatic amines is 1. The van der Waals surface area contributed by atoms with Crippen LogP contribution in [-0.2, 0) is 22.4 Å². The fraction of sp³-hybridized carbons (Fsp3) is 0.773. The second kappa shape index (κ2) is 8.67. The summed E-state index contributed by atoms with van der Waals surface area (Å²) in [7, 11) is 0. The number of aryl methyl sites for hydroxylation is 1. The summed E-state index contributed by atoms with van der Waals surface area (Å²) in [4.78, 5) is 29.5. The van der Waals surface area contributed by atoms with Crippen molar-refractivity contribution in [1.29, 1.82) is 0 Å². The molecule has 164 valence electrons. The van der Waals surface area contributed by atoms with Crippen molar-refractivity contribution >= 4 is 11.8 Å². The van der Waals surface area contributed by atoms with Crippen LogP contribution in [0.2, 0.25) is 0 Å². The van der Waals surface area contributed by atoms with Crippen molar-refractivity contribution in [2.24, 2.45) is 11.8 Å². The van der Waals surface area contributed by atoms with Crippen LogP contribution in [0.4, 0.5) is 0 Å². The molecule has 0 unspecified atom stereocenters. The number of nitrogens with zero attached hydrogens (tertiary/aromatic N) is 3. The Morgan fingerprint density at radius 1 is 1.13 bits per heavy atom. The number of carbonyl (C=O) groups excluding carboxylic acids is 2. The SMILES string of the molecule is O=C(NC[C@@H]1CN(CC2CCN(CC3CC3)CC2)C(=O)CO1)c1n[nH]c2c1CCC2. The maximum atomic E-state index is 12.5. The van der Waals surface area contributed by atoms with Crippen molar-refractivity contribution < 1.29 is 14.3 Å². The molecule has 2 amide bonds. The van der Waals surface area contributed by atoms with E-state index in [1.165, 1.54) is 32.2 Å². The second-order valence-electron chi connectivity index (χ2n) is 9.51. The molecule has 1 atom stereocenters. The highest BCUT2D eigenvalue weighted by Gasteiger charge is 2.32. The molecule has 8 nitrogen and oxygen atoms in total. The Labute approximate surface area is 177 Å². The van der Waals surface area contributed by atoms with E-state index in [0.29, 0.717) is 24.7 Å². The third-order valence-corrected chi connectivity index (χ3v) is 7.13. The fourth-order valence-corrected chi connectivity index (χ4v) is 5.11. The van der Waals surface area contributed by atoms with Crippen LogP contribution in [0.5, 0.6) is 0 Å². The number of carbonyl (C=O) groups is 2. The van der Waals surface area contributed by atoms with Crippen LogP contribution >= 0.6 is 0 Å². The van der Waals surface area contributed by atoms with Gasteiger partial charge in [-0.25, -0.2) is 0 Å². The van der Waals surface area contributed by atoms with Gasteiger partial charge in [0.25, 0.3) is 5.91 Å². The smallest absolute Gasteiger partial charge is 0.272 e. The molecule has 2 N–H and O–H groups in total. The summed E-state index contributed by atoms with van der Waals surface area (Å²) in [6.45, 7) is 5.48. The molecule has 0 spiro atoms. The first-order valence-corrected chi connectivity index (χ1v) is 11.6. The number of piperidine rings is 1. The maximum absolute atomic E-state index is 12.5. The van der Waals surface area contributed by atoms with Crippen LogP contribution in [0.15, 0.2) is 0 Å². The Hall–Kier alpha value is -1.93. The molecule has 3 fully saturated rings. The minimum Gasteiger partial charge on any atom is -0.365 e. The summed E-state index contributed by atoms with van der Waals surface area (Å²) in [5, 5.41) is 10.1. The van der Waals surface area contributed by atoms with Gasteiger partial charge in [0.1, 0.15) is 6.61 Å². The van der Waals surface area contributed by atoms with E-state index in [1.807, 2.05) is 4.90 Å². The number of nitrogens with one attached hydrogen (secondary N) is 2. The van der Waals surface area contributed by atoms with Crippen molar-refractivity contribution in [1.82, 2.24) is 25.3 Å². The lowest BCUT2D eigenvalue weighted by Crippen LogP contribution is -2.52. The molecular weight excluding hydrogens is 382 g/mol. The number of morpholine rings is 1. The highest BCUT2D eigenvalue weighted by Crippen LogP contribution is 2.31. The van der Waals surface area contributed by atoms with Gasteiger partial charge in [0.15, 0.2) is 5.69 Å². The van der Waals surface area contributed by atoms with Gasteiger partial charge in [0.05, 0.1) is 6.10 Å². The monoisotopic (exact) mass is 415 g/mol. The van der Waals surface area contributed by atoms with E-state index in [9.17, 15) is 9.59 Å². The van der Waals surface area contributed by atoms with Gasteiger partial charge in [-0.15, -0.1) is 0 Å². The summed E-state index contributed by atoms with van der Waals surface area (Å²) in [5.74, 6) is 1.44. The summed E-state index contributed by atoms with van der Waals surface area (Å²) in [6.07, 6.45) is 7.95. The number of likely N-dealkylation sites (tertiary alicyclic amines) is 1. The van der Waals surface area contributed by atoms with Crippen LogP contribution in [-0.4, -0.2) is 83.8 Å². The largest absolute Gasteiger partial charge is 0.365 e. The molecule has 0 bridgehead atoms. The standard InChI is InChI=1S/C22H33N5O3/c28-20-14-30-17(10-23-22(29)21-18-2-1-3-19(18)24-25-21)13-27(20)12-16-6-8-26(9-7-16)11-15-4-5-15/h15-17H,1-14H2,(H,23,29)(H,24,25)/t17-/m1/s1. The first-order chi connectivity index (χ1) is 14.7. The quantitative estimate of drug-likeness (QED) is 0.693. The van der Waals surface area contributed by atoms with Crippen LogP contribution < -0.4 is 5.32 Å². The second-order valence-corrected chi connectivity index (χ2v) is 9.51. The molecule has 3 heterocycles. The molecule has 30 heavy (non-hydrogen) atoms. The van der Waals surface area contributed by atoms with Gasteiger partial charge < -0.3 is 19.9 Å². The zero-order chi connectivity index (χ0) is 20.5. The zero-order valence-electron chi connectivity index (χ0n) is 17.7. The highest BCUT2D eigenvalue weighted by molar-refractivity contribution is 5.94. The number of amides is 2. The lowest BCUT2D eigenvalue weighted by atomic mass is 9.95. The van der Waals surface area contributed by atoms with E-state index in [1.54, 1.807) is 0 Å². The third kappa shape index (κ3) is 4.54. The van der Waals surface area contributed by atoms with E-state index in [0.717, 1.165) is 56.1 Å². The topological polar surface area (TPSA) is 90.6 Å². The lowest BCUT2D eigenvalue weighted by Gasteiger charge is -2.38. The summed E-state index contributed by atoms with van der Waals surface area (Å²) in [5.41, 5.74) is 2.67. The molecule has 0 radical (unpaired) electrons. The Morgan fingerprint density at radius 2 is 1.93 bits per heavy atom. The van der Waals surface area contributed by atoms with E-state index < -0.39 is 0 Å². The average Bonchev–Trinajstić information content (AvgIpc) is 3.28. The zero-order valence-corrected chi connectivity index (χ0v) is 17.7. The minimum atomic E-state index is -0.159. The number of aromatic nitrogens is 2. The number of hydrogen-bond donors (Lipinski definition) is 2. The Bertz CT molecular complexity index is 782. The Kier molecular flexibility index (Phi) is 5.78. The number of rotatable bonds is 7. The van der Waals surface area contributed by atoms with Gasteiger partial charge in [0, 0.05) is 37.4 Å². The molecule has 4 aliphatic rings. The molecule has 2 saturated heterocycles. The van der Waals surface area contributed by atoms with E-state index >= 15 is 0 Å². The van der Waals surface area contributed by atoms with Crippen molar-refractivity contribution in [3.63, 3.8) is 0 Å². The first-order valence-electron chi connectivity index (χ1n) is 11.6. The Morgan fingerprint density at radius 3 is 2.73 bits per heavy atom. The maximum Gasteiger partial charge on any atom is 0.272 e. The number of fused-ring (bicyclic) bond motifs is 1. The predicted molar refractivity (Wildman–Crippen MR) is 111 cm³/mol. The molecule has 1 aromatic rings. The summed E-state index contributed by atoms with van der Waals surface area (Å²) in [6, 6.07) is 0. The third-order valence-electron chi connectivity index (χ3n) is 7.13. The van der Waals surface area contributed by atoms with Crippen LogP contribution in [0.1, 0.15) is 53.8 Å². The van der Waals surface area contributed by atoms with Crippen molar-refractivity contribution in [3.8, 4) is 0 Å². The van der Waals surface area contributed by atoms with Crippen LogP contribution in [0, 0.1) is 11.8 Å². The lowest BCUT2D eigenvalue weighted by molar-refractivity contribution is -0.149. The molecule has 2 aliphatic carbocycles. The number of hydrogen-bond acceptors (Lipinski definition) is 5. The van der Waals surface area contributed by atoms with Gasteiger partial charge in [-0.05, 0) is 69.9 Å². The van der Waals surface area contributed by atoms with Gasteiger partial charge in [0.2, 0.25) is 5.91 Å². The molecule has 8 heteroatoms. The van der Waals surface area contributed by atoms with Crippen molar-refractivity contribution in [3.05, 3.63) is 17.0 Å². The van der Waals surface area contributed by atoms with Crippen LogP contribution in [0.3, 0.4) is 0 Å². The molecule has 1 aromatic heterocycles. The van der Waals surface area contributed by atoms with Gasteiger partial charge in [-0.2, -0.15) is 5.10 Å². The number of ether oxygens (including phenoxy) is 1. The van der Waals surface area contributed by atoms with Crippen molar-refractivity contribution in [2.75, 3.05) is 45.9 Å². The first kappa shape index (κ1) is 20.0. The fourth-order valence-electron chi connectivity index (χ4n) is 5.11. The summed E-state index contributed by atoms with van der Waals surface area (Å²) < 4.78 is 5.70. The van der Waals surface area contributed by atoms with Crippen LogP contribution in [0.25, 0.3) is 0 Å². The van der Waals surface area contributed by atoms with Gasteiger partial charge >= 0.3 is 0 Å². The van der Waals surface area contributed by atoms with Gasteiger partial charge in [-0.1, -0.05) is 0 Å². The molecular formula is C22H33N5O3. The molecule has 5 rings (SSSR count). The highest BCUT2D eigenvalue weighted by atomic mass is 16.5. The number of H-pyrrole nitrogens is 1. The van der Waals surface area contributed by atoms with E-state index in [-0.39, 0.29) is 24.5 Å². The van der Waals surface area contributed by atoms with E-state index in [2.05, 4.69) is 20.4 Å². The minimum absolute atomic E-state index is 0.0723. The Balaban J connectivity index is 1.08. The van der Waals surface area contributed by atoms with E-state index in [4.69, 9.17) is 4.74 Å². The molecule has 1 saturated carbocycles. The predicted octanol–water partition coefficient (Wildman–Crippen LogP) is 0.978. The summed E-state index contributed by atoms with van der Waals surface area (Å²) >= 11 is 0.